The SMILES string of the molecule is CCC1CC(O)(c2c(OC)cnn2C)CCO1. The summed E-state index contributed by atoms with van der Waals surface area (Å²) in [7, 11) is 3.42. The molecule has 0 radical (unpaired) electrons. The first kappa shape index (κ1) is 12.4. The maximum Gasteiger partial charge on any atom is 0.162 e. The fourth-order valence-corrected chi connectivity index (χ4v) is 2.51. The maximum absolute atomic E-state index is 10.8. The first-order chi connectivity index (χ1) is 8.10. The zero-order valence-electron chi connectivity index (χ0n) is 10.6. The summed E-state index contributed by atoms with van der Waals surface area (Å²) in [4.78, 5) is 0. The molecule has 2 heterocycles. The van der Waals surface area contributed by atoms with Gasteiger partial charge in [0.25, 0.3) is 0 Å². The van der Waals surface area contributed by atoms with Crippen molar-refractivity contribution >= 4 is 0 Å². The average molecular weight is 240 g/mol. The van der Waals surface area contributed by atoms with Crippen molar-refractivity contribution in [3.63, 3.8) is 0 Å². The van der Waals surface area contributed by atoms with E-state index in [4.69, 9.17) is 9.47 Å². The standard InChI is InChI=1S/C12H20N2O3/c1-4-9-7-12(15,5-6-17-9)11-10(16-3)8-13-14(11)2/h8-9,15H,4-7H2,1-3H3. The summed E-state index contributed by atoms with van der Waals surface area (Å²) in [6.45, 7) is 2.64. The minimum atomic E-state index is -0.893. The predicted molar refractivity (Wildman–Crippen MR) is 62.9 cm³/mol. The Morgan fingerprint density at radius 2 is 2.47 bits per heavy atom. The van der Waals surface area contributed by atoms with E-state index in [0.717, 1.165) is 12.1 Å². The third-order valence-electron chi connectivity index (χ3n) is 3.46. The molecule has 2 rings (SSSR count). The molecule has 0 saturated carbocycles. The van der Waals surface area contributed by atoms with Gasteiger partial charge in [0.15, 0.2) is 5.75 Å². The molecule has 0 bridgehead atoms. The summed E-state index contributed by atoms with van der Waals surface area (Å²) in [6.07, 6.45) is 3.83. The highest BCUT2D eigenvalue weighted by atomic mass is 16.5. The van der Waals surface area contributed by atoms with Crippen molar-refractivity contribution in [2.75, 3.05) is 13.7 Å². The summed E-state index contributed by atoms with van der Waals surface area (Å²) >= 11 is 0. The first-order valence-electron chi connectivity index (χ1n) is 6.01. The van der Waals surface area contributed by atoms with Crippen LogP contribution in [0.3, 0.4) is 0 Å². The minimum absolute atomic E-state index is 0.105. The fraction of sp³-hybridized carbons (Fsp3) is 0.750. The van der Waals surface area contributed by atoms with Crippen LogP contribution in [0.4, 0.5) is 0 Å². The molecule has 1 aromatic heterocycles. The normalized spacial score (nSPS) is 29.3. The average Bonchev–Trinajstić information content (AvgIpc) is 2.71. The van der Waals surface area contributed by atoms with Crippen molar-refractivity contribution in [3.8, 4) is 5.75 Å². The molecule has 1 fully saturated rings. The molecule has 1 N–H and O–H groups in total. The van der Waals surface area contributed by atoms with Crippen molar-refractivity contribution in [2.24, 2.45) is 7.05 Å². The van der Waals surface area contributed by atoms with Crippen LogP contribution in [0.15, 0.2) is 6.20 Å². The Labute approximate surface area is 101 Å². The van der Waals surface area contributed by atoms with Crippen LogP contribution in [-0.2, 0) is 17.4 Å². The third-order valence-corrected chi connectivity index (χ3v) is 3.46. The number of aryl methyl sites for hydroxylation is 1. The molecule has 17 heavy (non-hydrogen) atoms. The lowest BCUT2D eigenvalue weighted by molar-refractivity contribution is -0.112. The predicted octanol–water partition coefficient (Wildman–Crippen LogP) is 1.21. The van der Waals surface area contributed by atoms with Gasteiger partial charge in [0.2, 0.25) is 0 Å². The topological polar surface area (TPSA) is 56.5 Å². The lowest BCUT2D eigenvalue weighted by Crippen LogP contribution is -2.40. The van der Waals surface area contributed by atoms with Gasteiger partial charge in [-0.1, -0.05) is 6.92 Å². The number of ether oxygens (including phenoxy) is 2. The highest BCUT2D eigenvalue weighted by Gasteiger charge is 2.40. The van der Waals surface area contributed by atoms with E-state index < -0.39 is 5.60 Å². The van der Waals surface area contributed by atoms with E-state index in [1.54, 1.807) is 18.0 Å². The second-order valence-corrected chi connectivity index (χ2v) is 4.57. The van der Waals surface area contributed by atoms with E-state index in [1.165, 1.54) is 0 Å². The van der Waals surface area contributed by atoms with Gasteiger partial charge in [-0.2, -0.15) is 5.10 Å². The molecule has 1 saturated heterocycles. The van der Waals surface area contributed by atoms with Crippen LogP contribution < -0.4 is 4.74 Å². The van der Waals surface area contributed by atoms with Gasteiger partial charge in [-0.3, -0.25) is 4.68 Å². The Balaban J connectivity index is 2.33. The Morgan fingerprint density at radius 3 is 3.12 bits per heavy atom. The Morgan fingerprint density at radius 1 is 1.71 bits per heavy atom. The van der Waals surface area contributed by atoms with Gasteiger partial charge in [0, 0.05) is 19.9 Å². The van der Waals surface area contributed by atoms with Gasteiger partial charge in [-0.25, -0.2) is 0 Å². The molecule has 2 atom stereocenters. The van der Waals surface area contributed by atoms with Crippen LogP contribution >= 0.6 is 0 Å². The van der Waals surface area contributed by atoms with Crippen LogP contribution in [0, 0.1) is 0 Å². The molecule has 5 heteroatoms. The number of hydrogen-bond donors (Lipinski definition) is 1. The molecule has 1 aromatic rings. The highest BCUT2D eigenvalue weighted by Crippen LogP contribution is 2.39. The number of hydrogen-bond acceptors (Lipinski definition) is 4. The van der Waals surface area contributed by atoms with Crippen molar-refractivity contribution in [1.29, 1.82) is 0 Å². The van der Waals surface area contributed by atoms with Gasteiger partial charge in [0.05, 0.1) is 26.0 Å². The molecule has 0 spiro atoms. The monoisotopic (exact) mass is 240 g/mol. The highest BCUT2D eigenvalue weighted by molar-refractivity contribution is 5.31. The number of nitrogens with zero attached hydrogens (tertiary/aromatic N) is 2. The summed E-state index contributed by atoms with van der Waals surface area (Å²) in [5.41, 5.74) is -0.142. The molecular weight excluding hydrogens is 220 g/mol. The van der Waals surface area contributed by atoms with Crippen molar-refractivity contribution in [1.82, 2.24) is 9.78 Å². The third kappa shape index (κ3) is 2.17. The van der Waals surface area contributed by atoms with Crippen molar-refractivity contribution in [3.05, 3.63) is 11.9 Å². The van der Waals surface area contributed by atoms with E-state index in [-0.39, 0.29) is 6.10 Å². The van der Waals surface area contributed by atoms with E-state index >= 15 is 0 Å². The van der Waals surface area contributed by atoms with Gasteiger partial charge in [-0.05, 0) is 6.42 Å². The van der Waals surface area contributed by atoms with Crippen LogP contribution in [0.1, 0.15) is 31.9 Å². The largest absolute Gasteiger partial charge is 0.493 e. The summed E-state index contributed by atoms with van der Waals surface area (Å²) in [6, 6.07) is 0. The molecule has 0 aromatic carbocycles. The quantitative estimate of drug-likeness (QED) is 0.862. The van der Waals surface area contributed by atoms with E-state index in [2.05, 4.69) is 12.0 Å². The van der Waals surface area contributed by atoms with E-state index in [1.807, 2.05) is 7.05 Å². The fourth-order valence-electron chi connectivity index (χ4n) is 2.51. The summed E-state index contributed by atoms with van der Waals surface area (Å²) in [5.74, 6) is 0.645. The van der Waals surface area contributed by atoms with Gasteiger partial charge < -0.3 is 14.6 Å². The molecule has 0 amide bonds. The zero-order valence-corrected chi connectivity index (χ0v) is 10.6. The van der Waals surface area contributed by atoms with Crippen molar-refractivity contribution < 1.29 is 14.6 Å². The van der Waals surface area contributed by atoms with E-state index in [9.17, 15) is 5.11 Å². The zero-order chi connectivity index (χ0) is 12.5. The second kappa shape index (κ2) is 4.66. The summed E-state index contributed by atoms with van der Waals surface area (Å²) < 4.78 is 12.6. The lowest BCUT2D eigenvalue weighted by Gasteiger charge is -2.36. The van der Waals surface area contributed by atoms with Crippen molar-refractivity contribution in [2.45, 2.75) is 37.9 Å². The van der Waals surface area contributed by atoms with Crippen LogP contribution in [0.25, 0.3) is 0 Å². The second-order valence-electron chi connectivity index (χ2n) is 4.57. The van der Waals surface area contributed by atoms with E-state index in [0.29, 0.717) is 25.2 Å². The molecule has 96 valence electrons. The number of rotatable bonds is 3. The first-order valence-corrected chi connectivity index (χ1v) is 6.01. The minimum Gasteiger partial charge on any atom is -0.493 e. The summed E-state index contributed by atoms with van der Waals surface area (Å²) in [5, 5.41) is 15.0. The van der Waals surface area contributed by atoms with Gasteiger partial charge >= 0.3 is 0 Å². The number of methoxy groups -OCH3 is 1. The maximum atomic E-state index is 10.8. The Kier molecular flexibility index (Phi) is 3.40. The Hall–Kier alpha value is -1.07. The molecule has 2 unspecified atom stereocenters. The molecule has 1 aliphatic heterocycles. The van der Waals surface area contributed by atoms with Crippen LogP contribution in [-0.4, -0.2) is 34.7 Å². The number of aliphatic hydroxyl groups is 1. The van der Waals surface area contributed by atoms with Crippen LogP contribution in [0.2, 0.25) is 0 Å². The Bertz CT molecular complexity index is 391. The number of aromatic nitrogens is 2. The molecule has 0 aliphatic carbocycles. The van der Waals surface area contributed by atoms with Gasteiger partial charge in [0.1, 0.15) is 11.3 Å². The lowest BCUT2D eigenvalue weighted by atomic mass is 9.86. The molecular formula is C12H20N2O3. The van der Waals surface area contributed by atoms with Crippen LogP contribution in [0.5, 0.6) is 5.75 Å². The molecule has 1 aliphatic rings. The smallest absolute Gasteiger partial charge is 0.162 e. The van der Waals surface area contributed by atoms with Gasteiger partial charge in [-0.15, -0.1) is 0 Å². The molecule has 5 nitrogen and oxygen atoms in total.